The first kappa shape index (κ1) is 9.75. The van der Waals surface area contributed by atoms with Gasteiger partial charge in [-0.3, -0.25) is 0 Å². The number of hydrogen-bond donors (Lipinski definition) is 2. The van der Waals surface area contributed by atoms with E-state index in [2.05, 4.69) is 13.8 Å². The summed E-state index contributed by atoms with van der Waals surface area (Å²) >= 11 is 0. The topological polar surface area (TPSA) is 40.5 Å². The van der Waals surface area contributed by atoms with E-state index in [9.17, 15) is 10.2 Å². The molecule has 0 aromatic carbocycles. The lowest BCUT2D eigenvalue weighted by Crippen LogP contribution is -2.40. The van der Waals surface area contributed by atoms with Gasteiger partial charge in [-0.25, -0.2) is 0 Å². The summed E-state index contributed by atoms with van der Waals surface area (Å²) in [5, 5.41) is 19.2. The lowest BCUT2D eigenvalue weighted by molar-refractivity contribution is -0.0494. The largest absolute Gasteiger partial charge is 0.387 e. The van der Waals surface area contributed by atoms with Crippen molar-refractivity contribution >= 4 is 0 Å². The highest BCUT2D eigenvalue weighted by molar-refractivity contribution is 5.16. The first-order valence-electron chi connectivity index (χ1n) is 4.54. The Morgan fingerprint density at radius 3 is 2.58 bits per heavy atom. The highest BCUT2D eigenvalue weighted by atomic mass is 16.3. The molecule has 1 aliphatic rings. The number of hydrogen-bond acceptors (Lipinski definition) is 2. The van der Waals surface area contributed by atoms with E-state index in [1.807, 2.05) is 0 Å². The van der Waals surface area contributed by atoms with Crippen LogP contribution in [0.1, 0.15) is 33.6 Å². The molecule has 0 bridgehead atoms. The average molecular weight is 170 g/mol. The van der Waals surface area contributed by atoms with E-state index in [0.29, 0.717) is 12.3 Å². The van der Waals surface area contributed by atoms with Gasteiger partial charge < -0.3 is 10.2 Å². The van der Waals surface area contributed by atoms with E-state index in [4.69, 9.17) is 0 Å². The van der Waals surface area contributed by atoms with Gasteiger partial charge in [-0.2, -0.15) is 0 Å². The highest BCUT2D eigenvalue weighted by Gasteiger charge is 2.32. The smallest absolute Gasteiger partial charge is 0.101 e. The van der Waals surface area contributed by atoms with Crippen LogP contribution in [0.25, 0.3) is 0 Å². The summed E-state index contributed by atoms with van der Waals surface area (Å²) in [7, 11) is 0. The summed E-state index contributed by atoms with van der Waals surface area (Å²) < 4.78 is 0. The molecular formula is C10H18O2. The summed E-state index contributed by atoms with van der Waals surface area (Å²) in [5.74, 6) is 0.482. The normalized spacial score (nSPS) is 36.8. The maximum absolute atomic E-state index is 9.65. The average Bonchev–Trinajstić information content (AvgIpc) is 1.94. The van der Waals surface area contributed by atoms with Crippen molar-refractivity contribution in [3.8, 4) is 0 Å². The molecule has 1 unspecified atom stereocenters. The molecule has 1 aliphatic carbocycles. The van der Waals surface area contributed by atoms with E-state index < -0.39 is 11.7 Å². The van der Waals surface area contributed by atoms with E-state index in [1.54, 1.807) is 13.0 Å². The standard InChI is InChI=1S/C10H18O2/c1-7(2)8-4-5-10(3,12)9(11)6-8/h6-7,9,11-12H,4-5H2,1-3H3/t9?,10-/m1/s1. The van der Waals surface area contributed by atoms with Crippen molar-refractivity contribution in [1.82, 2.24) is 0 Å². The Kier molecular flexibility index (Phi) is 2.59. The van der Waals surface area contributed by atoms with Gasteiger partial charge in [-0.1, -0.05) is 25.5 Å². The minimum atomic E-state index is -0.918. The minimum Gasteiger partial charge on any atom is -0.387 e. The van der Waals surface area contributed by atoms with Crippen molar-refractivity contribution < 1.29 is 10.2 Å². The van der Waals surface area contributed by atoms with Crippen molar-refractivity contribution in [2.45, 2.75) is 45.3 Å². The zero-order valence-electron chi connectivity index (χ0n) is 8.04. The Labute approximate surface area is 73.9 Å². The predicted octanol–water partition coefficient (Wildman–Crippen LogP) is 1.47. The molecule has 2 nitrogen and oxygen atoms in total. The molecule has 0 saturated heterocycles. The summed E-state index contributed by atoms with van der Waals surface area (Å²) in [5.41, 5.74) is 0.340. The van der Waals surface area contributed by atoms with Gasteiger partial charge in [0.05, 0.1) is 5.60 Å². The summed E-state index contributed by atoms with van der Waals surface area (Å²) in [6.07, 6.45) is 2.68. The van der Waals surface area contributed by atoms with E-state index >= 15 is 0 Å². The molecule has 2 N–H and O–H groups in total. The third-order valence-corrected chi connectivity index (χ3v) is 2.67. The zero-order chi connectivity index (χ0) is 9.35. The van der Waals surface area contributed by atoms with Crippen molar-refractivity contribution in [3.05, 3.63) is 11.6 Å². The molecule has 2 atom stereocenters. The van der Waals surface area contributed by atoms with Crippen LogP contribution in [0.2, 0.25) is 0 Å². The Hall–Kier alpha value is -0.340. The maximum atomic E-state index is 9.65. The van der Waals surface area contributed by atoms with Gasteiger partial charge in [0, 0.05) is 0 Å². The van der Waals surface area contributed by atoms with Crippen LogP contribution in [-0.4, -0.2) is 21.9 Å². The van der Waals surface area contributed by atoms with E-state index in [1.165, 1.54) is 5.57 Å². The van der Waals surface area contributed by atoms with Gasteiger partial charge in [0.15, 0.2) is 0 Å². The van der Waals surface area contributed by atoms with Crippen LogP contribution in [0.3, 0.4) is 0 Å². The Bertz CT molecular complexity index is 192. The van der Waals surface area contributed by atoms with Crippen LogP contribution >= 0.6 is 0 Å². The first-order valence-corrected chi connectivity index (χ1v) is 4.54. The molecule has 0 fully saturated rings. The Balaban J connectivity index is 2.75. The van der Waals surface area contributed by atoms with Crippen molar-refractivity contribution in [1.29, 1.82) is 0 Å². The molecule has 0 aliphatic heterocycles. The Morgan fingerprint density at radius 2 is 2.17 bits per heavy atom. The van der Waals surface area contributed by atoms with Crippen LogP contribution < -0.4 is 0 Å². The third kappa shape index (κ3) is 1.87. The van der Waals surface area contributed by atoms with Crippen LogP contribution in [0.5, 0.6) is 0 Å². The summed E-state index contributed by atoms with van der Waals surface area (Å²) in [6, 6.07) is 0. The predicted molar refractivity (Wildman–Crippen MR) is 48.8 cm³/mol. The minimum absolute atomic E-state index is 0.482. The summed E-state index contributed by atoms with van der Waals surface area (Å²) in [6.45, 7) is 5.91. The van der Waals surface area contributed by atoms with Gasteiger partial charge in [0.2, 0.25) is 0 Å². The molecule has 1 rings (SSSR count). The van der Waals surface area contributed by atoms with E-state index in [0.717, 1.165) is 6.42 Å². The van der Waals surface area contributed by atoms with Gasteiger partial charge >= 0.3 is 0 Å². The van der Waals surface area contributed by atoms with Gasteiger partial charge in [0.25, 0.3) is 0 Å². The SMILES string of the molecule is CC(C)C1=CC(O)[C@](C)(O)CC1. The number of aliphatic hydroxyl groups is 2. The second-order valence-corrected chi connectivity index (χ2v) is 4.20. The third-order valence-electron chi connectivity index (χ3n) is 2.67. The van der Waals surface area contributed by atoms with Crippen molar-refractivity contribution in [3.63, 3.8) is 0 Å². The Morgan fingerprint density at radius 1 is 1.58 bits per heavy atom. The first-order chi connectivity index (χ1) is 5.43. The quantitative estimate of drug-likeness (QED) is 0.585. The van der Waals surface area contributed by atoms with E-state index in [-0.39, 0.29) is 0 Å². The lowest BCUT2D eigenvalue weighted by Gasteiger charge is -2.33. The molecule has 70 valence electrons. The molecule has 0 heterocycles. The van der Waals surface area contributed by atoms with Crippen LogP contribution in [0, 0.1) is 5.92 Å². The fourth-order valence-corrected chi connectivity index (χ4v) is 1.49. The second kappa shape index (κ2) is 3.19. The fraction of sp³-hybridized carbons (Fsp3) is 0.800. The number of rotatable bonds is 1. The van der Waals surface area contributed by atoms with Crippen molar-refractivity contribution in [2.24, 2.45) is 5.92 Å². The highest BCUT2D eigenvalue weighted by Crippen LogP contribution is 2.30. The zero-order valence-corrected chi connectivity index (χ0v) is 8.04. The molecule has 0 aromatic rings. The van der Waals surface area contributed by atoms with Crippen LogP contribution in [0.4, 0.5) is 0 Å². The molecule has 12 heavy (non-hydrogen) atoms. The summed E-state index contributed by atoms with van der Waals surface area (Å²) in [4.78, 5) is 0. The van der Waals surface area contributed by atoms with Gasteiger partial charge in [-0.15, -0.1) is 0 Å². The molecule has 0 saturated carbocycles. The van der Waals surface area contributed by atoms with Gasteiger partial charge in [0.1, 0.15) is 6.10 Å². The molecule has 0 aromatic heterocycles. The number of aliphatic hydroxyl groups excluding tert-OH is 1. The lowest BCUT2D eigenvalue weighted by atomic mass is 9.81. The van der Waals surface area contributed by atoms with Crippen molar-refractivity contribution in [2.75, 3.05) is 0 Å². The number of allylic oxidation sites excluding steroid dienone is 1. The van der Waals surface area contributed by atoms with Gasteiger partial charge in [-0.05, 0) is 25.7 Å². The monoisotopic (exact) mass is 170 g/mol. The molecule has 2 heteroatoms. The van der Waals surface area contributed by atoms with Crippen LogP contribution in [-0.2, 0) is 0 Å². The fourth-order valence-electron chi connectivity index (χ4n) is 1.49. The van der Waals surface area contributed by atoms with Crippen LogP contribution in [0.15, 0.2) is 11.6 Å². The molecular weight excluding hydrogens is 152 g/mol. The molecule has 0 amide bonds. The maximum Gasteiger partial charge on any atom is 0.101 e. The molecule has 0 spiro atoms. The second-order valence-electron chi connectivity index (χ2n) is 4.20. The molecule has 0 radical (unpaired) electrons.